The van der Waals surface area contributed by atoms with Crippen LogP contribution in [0.15, 0.2) is 28.7 Å². The van der Waals surface area contributed by atoms with Gasteiger partial charge < -0.3 is 25.3 Å². The number of nitrogen functional groups attached to an aromatic ring is 1. The maximum atomic E-state index is 12.3. The van der Waals surface area contributed by atoms with Crippen molar-refractivity contribution in [1.82, 2.24) is 5.32 Å². The highest BCUT2D eigenvalue weighted by Gasteiger charge is 2.34. The summed E-state index contributed by atoms with van der Waals surface area (Å²) in [4.78, 5) is 12.3. The number of rotatable bonds is 3. The first-order valence-electron chi connectivity index (χ1n) is 6.92. The van der Waals surface area contributed by atoms with E-state index in [4.69, 9.17) is 14.9 Å². The number of anilines is 1. The summed E-state index contributed by atoms with van der Waals surface area (Å²) < 4.78 is 10.8. The number of aliphatic hydroxyl groups is 1. The molecular weight excluding hydrogens is 272 g/mol. The second-order valence-electron chi connectivity index (χ2n) is 5.41. The van der Waals surface area contributed by atoms with Crippen molar-refractivity contribution in [2.75, 3.05) is 25.6 Å². The fraction of sp³-hybridized carbons (Fsp3) is 0.400. The molecule has 1 aliphatic heterocycles. The summed E-state index contributed by atoms with van der Waals surface area (Å²) in [5, 5.41) is 13.3. The molecule has 6 nitrogen and oxygen atoms in total. The number of nitrogens with one attached hydrogen (secondary N) is 1. The number of nitrogens with two attached hydrogens (primary N) is 1. The lowest BCUT2D eigenvalue weighted by molar-refractivity contribution is 0.0120. The Balaban J connectivity index is 1.82. The highest BCUT2D eigenvalue weighted by Crippen LogP contribution is 2.24. The van der Waals surface area contributed by atoms with Gasteiger partial charge in [-0.1, -0.05) is 0 Å². The molecule has 112 valence electrons. The number of amides is 1. The zero-order valence-corrected chi connectivity index (χ0v) is 11.6. The summed E-state index contributed by atoms with van der Waals surface area (Å²) in [7, 11) is 0. The molecule has 0 spiro atoms. The zero-order valence-electron chi connectivity index (χ0n) is 11.6. The smallest absolute Gasteiger partial charge is 0.287 e. The summed E-state index contributed by atoms with van der Waals surface area (Å²) in [5.41, 5.74) is 6.31. The Bertz CT molecular complexity index is 659. The van der Waals surface area contributed by atoms with E-state index >= 15 is 0 Å². The van der Waals surface area contributed by atoms with Crippen molar-refractivity contribution in [1.29, 1.82) is 0 Å². The van der Waals surface area contributed by atoms with Crippen LogP contribution in [0, 0.1) is 0 Å². The van der Waals surface area contributed by atoms with Crippen LogP contribution in [0.5, 0.6) is 0 Å². The average Bonchev–Trinajstić information content (AvgIpc) is 2.91. The van der Waals surface area contributed by atoms with Crippen molar-refractivity contribution in [3.05, 3.63) is 30.0 Å². The second kappa shape index (κ2) is 5.38. The van der Waals surface area contributed by atoms with Crippen LogP contribution in [0.2, 0.25) is 0 Å². The molecule has 0 atom stereocenters. The highest BCUT2D eigenvalue weighted by molar-refractivity contribution is 5.97. The lowest BCUT2D eigenvalue weighted by Crippen LogP contribution is -2.54. The molecule has 2 heterocycles. The monoisotopic (exact) mass is 290 g/mol. The summed E-state index contributed by atoms with van der Waals surface area (Å²) in [6.45, 7) is 0.935. The van der Waals surface area contributed by atoms with Gasteiger partial charge in [-0.25, -0.2) is 0 Å². The Kier molecular flexibility index (Phi) is 3.57. The molecule has 0 radical (unpaired) electrons. The van der Waals surface area contributed by atoms with Crippen molar-refractivity contribution < 1.29 is 19.1 Å². The van der Waals surface area contributed by atoms with Crippen LogP contribution in [0.4, 0.5) is 5.69 Å². The van der Waals surface area contributed by atoms with Crippen molar-refractivity contribution in [3.63, 3.8) is 0 Å². The maximum absolute atomic E-state index is 12.3. The van der Waals surface area contributed by atoms with E-state index < -0.39 is 5.54 Å². The fourth-order valence-electron chi connectivity index (χ4n) is 2.56. The number of fused-ring (bicyclic) bond motifs is 1. The summed E-state index contributed by atoms with van der Waals surface area (Å²) in [6.07, 6.45) is 1.17. The number of hydrogen-bond acceptors (Lipinski definition) is 5. The standard InChI is InChI=1S/C15H18N2O4/c16-11-1-2-12-10(7-11)8-13(21-12)14(19)17-15(9-18)3-5-20-6-4-15/h1-2,7-8,18H,3-6,9,16H2,(H,17,19). The molecule has 1 saturated heterocycles. The van der Waals surface area contributed by atoms with Gasteiger partial charge in [0.15, 0.2) is 5.76 Å². The molecule has 1 fully saturated rings. The maximum Gasteiger partial charge on any atom is 0.287 e. The molecule has 0 unspecified atom stereocenters. The minimum atomic E-state index is -0.632. The van der Waals surface area contributed by atoms with Gasteiger partial charge in [-0.05, 0) is 37.1 Å². The molecular formula is C15H18N2O4. The third-order valence-electron chi connectivity index (χ3n) is 3.90. The number of ether oxygens (including phenoxy) is 1. The van der Waals surface area contributed by atoms with Crippen molar-refractivity contribution >= 4 is 22.6 Å². The normalized spacial score (nSPS) is 17.8. The molecule has 1 aromatic heterocycles. The van der Waals surface area contributed by atoms with E-state index in [1.165, 1.54) is 0 Å². The number of aliphatic hydroxyl groups excluding tert-OH is 1. The van der Waals surface area contributed by atoms with Crippen LogP contribution in [0.3, 0.4) is 0 Å². The van der Waals surface area contributed by atoms with E-state index in [0.717, 1.165) is 5.39 Å². The predicted octanol–water partition coefficient (Wildman–Crippen LogP) is 1.29. The van der Waals surface area contributed by atoms with Crippen LogP contribution in [0.25, 0.3) is 11.0 Å². The topological polar surface area (TPSA) is 97.7 Å². The van der Waals surface area contributed by atoms with E-state index in [9.17, 15) is 9.90 Å². The van der Waals surface area contributed by atoms with Crippen LogP contribution in [0.1, 0.15) is 23.4 Å². The highest BCUT2D eigenvalue weighted by atomic mass is 16.5. The number of benzene rings is 1. The Morgan fingerprint density at radius 1 is 1.33 bits per heavy atom. The minimum absolute atomic E-state index is 0.116. The Morgan fingerprint density at radius 3 is 2.81 bits per heavy atom. The number of carbonyl (C=O) groups is 1. The molecule has 6 heteroatoms. The molecule has 3 rings (SSSR count). The first-order valence-corrected chi connectivity index (χ1v) is 6.92. The zero-order chi connectivity index (χ0) is 14.9. The van der Waals surface area contributed by atoms with Gasteiger partial charge in [-0.2, -0.15) is 0 Å². The Labute approximate surface area is 121 Å². The van der Waals surface area contributed by atoms with Gasteiger partial charge in [-0.15, -0.1) is 0 Å². The molecule has 1 aromatic carbocycles. The third kappa shape index (κ3) is 2.72. The van der Waals surface area contributed by atoms with E-state index in [1.807, 2.05) is 0 Å². The molecule has 1 amide bonds. The fourth-order valence-corrected chi connectivity index (χ4v) is 2.56. The number of hydrogen-bond donors (Lipinski definition) is 3. The van der Waals surface area contributed by atoms with Crippen LogP contribution >= 0.6 is 0 Å². The van der Waals surface area contributed by atoms with Crippen molar-refractivity contribution in [3.8, 4) is 0 Å². The van der Waals surface area contributed by atoms with E-state index in [2.05, 4.69) is 5.32 Å². The van der Waals surface area contributed by atoms with Crippen LogP contribution < -0.4 is 11.1 Å². The van der Waals surface area contributed by atoms with E-state index in [0.29, 0.717) is 37.3 Å². The SMILES string of the molecule is Nc1ccc2oc(C(=O)NC3(CO)CCOCC3)cc2c1. The minimum Gasteiger partial charge on any atom is -0.451 e. The number of furan rings is 1. The Morgan fingerprint density at radius 2 is 2.10 bits per heavy atom. The lowest BCUT2D eigenvalue weighted by Gasteiger charge is -2.35. The molecule has 0 aliphatic carbocycles. The van der Waals surface area contributed by atoms with Crippen molar-refractivity contribution in [2.45, 2.75) is 18.4 Å². The Hall–Kier alpha value is -2.05. The molecule has 21 heavy (non-hydrogen) atoms. The summed E-state index contributed by atoms with van der Waals surface area (Å²) in [5.74, 6) is -0.115. The van der Waals surface area contributed by atoms with Gasteiger partial charge in [0.25, 0.3) is 5.91 Å². The molecule has 0 saturated carbocycles. The van der Waals surface area contributed by atoms with Gasteiger partial charge in [0.1, 0.15) is 5.58 Å². The third-order valence-corrected chi connectivity index (χ3v) is 3.90. The quantitative estimate of drug-likeness (QED) is 0.740. The molecule has 4 N–H and O–H groups in total. The first kappa shape index (κ1) is 13.9. The second-order valence-corrected chi connectivity index (χ2v) is 5.41. The molecule has 1 aliphatic rings. The van der Waals surface area contributed by atoms with Gasteiger partial charge in [0, 0.05) is 24.3 Å². The lowest BCUT2D eigenvalue weighted by atomic mass is 9.91. The van der Waals surface area contributed by atoms with E-state index in [-0.39, 0.29) is 18.3 Å². The van der Waals surface area contributed by atoms with Crippen LogP contribution in [-0.2, 0) is 4.74 Å². The summed E-state index contributed by atoms with van der Waals surface area (Å²) in [6, 6.07) is 6.87. The average molecular weight is 290 g/mol. The number of carbonyl (C=O) groups excluding carboxylic acids is 1. The van der Waals surface area contributed by atoms with Crippen molar-refractivity contribution in [2.24, 2.45) is 0 Å². The molecule has 2 aromatic rings. The molecule has 0 bridgehead atoms. The first-order chi connectivity index (χ1) is 10.1. The van der Waals surface area contributed by atoms with E-state index in [1.54, 1.807) is 24.3 Å². The van der Waals surface area contributed by atoms with Gasteiger partial charge >= 0.3 is 0 Å². The van der Waals surface area contributed by atoms with Gasteiger partial charge in [0.2, 0.25) is 0 Å². The largest absolute Gasteiger partial charge is 0.451 e. The predicted molar refractivity (Wildman–Crippen MR) is 78.0 cm³/mol. The van der Waals surface area contributed by atoms with Gasteiger partial charge in [-0.3, -0.25) is 4.79 Å². The van der Waals surface area contributed by atoms with Crippen LogP contribution in [-0.4, -0.2) is 36.4 Å². The summed E-state index contributed by atoms with van der Waals surface area (Å²) >= 11 is 0. The van der Waals surface area contributed by atoms with Gasteiger partial charge in [0.05, 0.1) is 12.1 Å².